The number of carbonyl (C=O) groups is 1. The van der Waals surface area contributed by atoms with Crippen LogP contribution in [0.25, 0.3) is 11.8 Å². The minimum absolute atomic E-state index is 0.136. The number of aryl methyl sites for hydroxylation is 1. The van der Waals surface area contributed by atoms with Crippen molar-refractivity contribution in [3.63, 3.8) is 0 Å². The molecule has 0 fully saturated rings. The van der Waals surface area contributed by atoms with Crippen molar-refractivity contribution in [3.8, 4) is 11.8 Å². The lowest BCUT2D eigenvalue weighted by Crippen LogP contribution is -1.98. The van der Waals surface area contributed by atoms with Gasteiger partial charge in [-0.1, -0.05) is 30.3 Å². The molecule has 0 aliphatic heterocycles. The molecule has 1 heterocycles. The van der Waals surface area contributed by atoms with E-state index in [0.29, 0.717) is 11.1 Å². The Balaban J connectivity index is 1.90. The van der Waals surface area contributed by atoms with Crippen LogP contribution in [0.1, 0.15) is 32.9 Å². The molecule has 0 spiro atoms. The lowest BCUT2D eigenvalue weighted by molar-refractivity contribution is 0.104. The van der Waals surface area contributed by atoms with Gasteiger partial charge >= 0.3 is 0 Å². The van der Waals surface area contributed by atoms with Crippen molar-refractivity contribution in [1.29, 1.82) is 5.26 Å². The van der Waals surface area contributed by atoms with Crippen LogP contribution in [0.2, 0.25) is 0 Å². The van der Waals surface area contributed by atoms with Crippen LogP contribution < -0.4 is 0 Å². The van der Waals surface area contributed by atoms with Crippen molar-refractivity contribution >= 4 is 11.9 Å². The molecule has 0 amide bonds. The molecule has 0 bridgehead atoms. The van der Waals surface area contributed by atoms with Gasteiger partial charge in [0.1, 0.15) is 0 Å². The number of nitriles is 1. The Morgan fingerprint density at radius 2 is 1.88 bits per heavy atom. The molecule has 4 heteroatoms. The summed E-state index contributed by atoms with van der Waals surface area (Å²) < 4.78 is 1.87. The Bertz CT molecular complexity index is 992. The molecule has 0 unspecified atom stereocenters. The summed E-state index contributed by atoms with van der Waals surface area (Å²) in [7, 11) is 0. The highest BCUT2D eigenvalue weighted by molar-refractivity contribution is 6.07. The molecule has 4 nitrogen and oxygen atoms in total. The fourth-order valence-electron chi connectivity index (χ4n) is 2.71. The van der Waals surface area contributed by atoms with Gasteiger partial charge in [0.2, 0.25) is 0 Å². The molecule has 0 atom stereocenters. The van der Waals surface area contributed by atoms with Gasteiger partial charge in [-0.25, -0.2) is 4.68 Å². The Kier molecular flexibility index (Phi) is 4.58. The van der Waals surface area contributed by atoms with Crippen LogP contribution in [-0.4, -0.2) is 15.6 Å². The first kappa shape index (κ1) is 16.4. The second-order valence-electron chi connectivity index (χ2n) is 5.72. The number of rotatable bonds is 4. The summed E-state index contributed by atoms with van der Waals surface area (Å²) >= 11 is 0. The summed E-state index contributed by atoms with van der Waals surface area (Å²) in [4.78, 5) is 12.4. The van der Waals surface area contributed by atoms with Gasteiger partial charge in [-0.05, 0) is 50.3 Å². The summed E-state index contributed by atoms with van der Waals surface area (Å²) in [5.74, 6) is -0.136. The number of allylic oxidation sites excluding steroid dienone is 1. The highest BCUT2D eigenvalue weighted by Crippen LogP contribution is 2.19. The summed E-state index contributed by atoms with van der Waals surface area (Å²) in [5, 5.41) is 13.5. The van der Waals surface area contributed by atoms with Crippen molar-refractivity contribution < 1.29 is 4.79 Å². The van der Waals surface area contributed by atoms with E-state index in [-0.39, 0.29) is 5.78 Å². The first-order chi connectivity index (χ1) is 12.1. The number of carbonyl (C=O) groups excluding carboxylic acids is 1. The zero-order chi connectivity index (χ0) is 17.8. The summed E-state index contributed by atoms with van der Waals surface area (Å²) in [6, 6.07) is 18.6. The van der Waals surface area contributed by atoms with Crippen molar-refractivity contribution in [2.75, 3.05) is 0 Å². The van der Waals surface area contributed by atoms with Gasteiger partial charge in [0.05, 0.1) is 23.0 Å². The molecule has 0 aliphatic carbocycles. The van der Waals surface area contributed by atoms with Gasteiger partial charge in [0.25, 0.3) is 0 Å². The molecule has 0 saturated heterocycles. The topological polar surface area (TPSA) is 58.7 Å². The minimum Gasteiger partial charge on any atom is -0.289 e. The molecule has 3 aromatic rings. The highest BCUT2D eigenvalue weighted by atomic mass is 16.1. The third kappa shape index (κ3) is 3.41. The fraction of sp³-hybridized carbons (Fsp3) is 0.0952. The van der Waals surface area contributed by atoms with Crippen LogP contribution >= 0.6 is 0 Å². The van der Waals surface area contributed by atoms with E-state index in [9.17, 15) is 4.79 Å². The van der Waals surface area contributed by atoms with Crippen molar-refractivity contribution in [1.82, 2.24) is 9.78 Å². The zero-order valence-corrected chi connectivity index (χ0v) is 14.1. The first-order valence-electron chi connectivity index (χ1n) is 7.94. The lowest BCUT2D eigenvalue weighted by Gasteiger charge is -2.03. The molecule has 1 aromatic heterocycles. The maximum Gasteiger partial charge on any atom is 0.185 e. The molecule has 0 saturated carbocycles. The van der Waals surface area contributed by atoms with Crippen LogP contribution in [0.3, 0.4) is 0 Å². The Morgan fingerprint density at radius 1 is 1.12 bits per heavy atom. The van der Waals surface area contributed by atoms with Crippen LogP contribution in [0.4, 0.5) is 0 Å². The van der Waals surface area contributed by atoms with E-state index in [1.807, 2.05) is 54.9 Å². The quantitative estimate of drug-likeness (QED) is 0.531. The van der Waals surface area contributed by atoms with E-state index < -0.39 is 0 Å². The van der Waals surface area contributed by atoms with Gasteiger partial charge < -0.3 is 0 Å². The second-order valence-corrected chi connectivity index (χ2v) is 5.72. The van der Waals surface area contributed by atoms with E-state index in [4.69, 9.17) is 5.26 Å². The summed E-state index contributed by atoms with van der Waals surface area (Å²) in [5.41, 5.74) is 4.71. The zero-order valence-electron chi connectivity index (χ0n) is 14.1. The number of aromatic nitrogens is 2. The number of hydrogen-bond acceptors (Lipinski definition) is 3. The van der Waals surface area contributed by atoms with Crippen LogP contribution in [0.15, 0.2) is 60.7 Å². The average molecular weight is 327 g/mol. The van der Waals surface area contributed by atoms with Crippen LogP contribution in [0, 0.1) is 25.2 Å². The number of ketones is 1. The molecule has 2 aromatic carbocycles. The minimum atomic E-state index is -0.136. The SMILES string of the molecule is Cc1nn(-c2ccccc2)c(C)c1/C=C/C(=O)c1cccc(C#N)c1. The molecule has 0 N–H and O–H groups in total. The highest BCUT2D eigenvalue weighted by Gasteiger charge is 2.11. The molecule has 3 rings (SSSR count). The van der Waals surface area contributed by atoms with Gasteiger partial charge in [-0.15, -0.1) is 0 Å². The van der Waals surface area contributed by atoms with E-state index in [1.54, 1.807) is 30.3 Å². The standard InChI is InChI=1S/C21H17N3O/c1-15-20(16(2)24(23-15)19-9-4-3-5-10-19)11-12-21(25)18-8-6-7-17(13-18)14-22/h3-13H,1-2H3/b12-11+. The number of nitrogens with zero attached hydrogens (tertiary/aromatic N) is 3. The van der Waals surface area contributed by atoms with Gasteiger partial charge in [0, 0.05) is 16.8 Å². The van der Waals surface area contributed by atoms with Gasteiger partial charge in [-0.2, -0.15) is 10.4 Å². The predicted molar refractivity (Wildman–Crippen MR) is 97.6 cm³/mol. The summed E-state index contributed by atoms with van der Waals surface area (Å²) in [6.07, 6.45) is 3.32. The van der Waals surface area contributed by atoms with Crippen molar-refractivity contribution in [2.24, 2.45) is 0 Å². The Labute approximate surface area is 146 Å². The number of para-hydroxylation sites is 1. The first-order valence-corrected chi connectivity index (χ1v) is 7.94. The molecule has 0 aliphatic rings. The largest absolute Gasteiger partial charge is 0.289 e. The summed E-state index contributed by atoms with van der Waals surface area (Å²) in [6.45, 7) is 3.90. The normalized spacial score (nSPS) is 10.8. The third-order valence-corrected chi connectivity index (χ3v) is 4.03. The van der Waals surface area contributed by atoms with Crippen molar-refractivity contribution in [2.45, 2.75) is 13.8 Å². The smallest absolute Gasteiger partial charge is 0.185 e. The Hall–Kier alpha value is -3.45. The van der Waals surface area contributed by atoms with E-state index in [2.05, 4.69) is 5.10 Å². The predicted octanol–water partition coefficient (Wildman–Crippen LogP) is 4.26. The van der Waals surface area contributed by atoms with Gasteiger partial charge in [0.15, 0.2) is 5.78 Å². The second kappa shape index (κ2) is 6.98. The maximum absolute atomic E-state index is 12.4. The lowest BCUT2D eigenvalue weighted by atomic mass is 10.1. The van der Waals surface area contributed by atoms with Crippen LogP contribution in [-0.2, 0) is 0 Å². The molecule has 122 valence electrons. The van der Waals surface area contributed by atoms with E-state index in [0.717, 1.165) is 22.6 Å². The fourth-order valence-corrected chi connectivity index (χ4v) is 2.71. The molecule has 0 radical (unpaired) electrons. The molecular weight excluding hydrogens is 310 g/mol. The maximum atomic E-state index is 12.4. The van der Waals surface area contributed by atoms with Crippen LogP contribution in [0.5, 0.6) is 0 Å². The number of benzene rings is 2. The van der Waals surface area contributed by atoms with Gasteiger partial charge in [-0.3, -0.25) is 4.79 Å². The van der Waals surface area contributed by atoms with E-state index in [1.165, 1.54) is 6.08 Å². The Morgan fingerprint density at radius 3 is 2.60 bits per heavy atom. The molecule has 25 heavy (non-hydrogen) atoms. The average Bonchev–Trinajstić information content (AvgIpc) is 2.94. The number of hydrogen-bond donors (Lipinski definition) is 0. The van der Waals surface area contributed by atoms with Crippen molar-refractivity contribution in [3.05, 3.63) is 88.8 Å². The molecular formula is C21H17N3O. The monoisotopic (exact) mass is 327 g/mol. The third-order valence-electron chi connectivity index (χ3n) is 4.03. The van der Waals surface area contributed by atoms with E-state index >= 15 is 0 Å².